The summed E-state index contributed by atoms with van der Waals surface area (Å²) >= 11 is 3.14. The van der Waals surface area contributed by atoms with E-state index in [1.54, 1.807) is 31.6 Å². The third-order valence-corrected chi connectivity index (χ3v) is 8.90. The Hall–Kier alpha value is -4.52. The van der Waals surface area contributed by atoms with E-state index in [4.69, 9.17) is 19.8 Å². The number of nitrogens with zero attached hydrogens (tertiary/aromatic N) is 2. The van der Waals surface area contributed by atoms with Crippen LogP contribution in [0.1, 0.15) is 16.0 Å². The molecule has 0 bridgehead atoms. The van der Waals surface area contributed by atoms with Gasteiger partial charge in [0.2, 0.25) is 0 Å². The molecule has 0 aliphatic rings. The molecule has 0 unspecified atom stereocenters. The highest BCUT2D eigenvalue weighted by Crippen LogP contribution is 2.40. The molecule has 0 radical (unpaired) electrons. The molecular weight excluding hydrogens is 565 g/mol. The van der Waals surface area contributed by atoms with Crippen LogP contribution in [-0.2, 0) is 27.5 Å². The topological polar surface area (TPSA) is 82.8 Å². The molecule has 6 nitrogen and oxygen atoms in total. The molecule has 2 aromatic heterocycles. The quantitative estimate of drug-likeness (QED) is 0.122. The third-order valence-electron chi connectivity index (χ3n) is 6.53. The number of aliphatic carboxylic acids is 1. The van der Waals surface area contributed by atoms with Gasteiger partial charge in [-0.2, -0.15) is 5.26 Å². The van der Waals surface area contributed by atoms with Crippen molar-refractivity contribution in [1.29, 1.82) is 5.26 Å². The number of carboxylic acid groups (broad SMARTS) is 1. The van der Waals surface area contributed by atoms with Crippen LogP contribution in [0.4, 0.5) is 17.1 Å². The monoisotopic (exact) mass is 592 g/mol. The largest absolute Gasteiger partial charge is 0.477 e. The number of benzene rings is 3. The fourth-order valence-electron chi connectivity index (χ4n) is 4.51. The van der Waals surface area contributed by atoms with Gasteiger partial charge in [0.25, 0.3) is 0 Å². The van der Waals surface area contributed by atoms with Crippen LogP contribution in [0.25, 0.3) is 26.3 Å². The standard InChI is InChI=1S/C34H28N2O4S2/c1-39-21-23-3-9-27(10-4-23)36(28-11-5-24(6-12-28)22-40-2)29-13-7-25(8-14-29)31-17-18-33(42-31)32-16-15-30(41-32)19-26(20-35)34(37)38/h3-19H,21-22H2,1-2H3,(H,37,38)/b26-19+. The Morgan fingerprint density at radius 2 is 1.21 bits per heavy atom. The second-order valence-electron chi connectivity index (χ2n) is 9.42. The van der Waals surface area contributed by atoms with Gasteiger partial charge in [-0.15, -0.1) is 22.7 Å². The van der Waals surface area contributed by atoms with E-state index in [1.807, 2.05) is 12.1 Å². The summed E-state index contributed by atoms with van der Waals surface area (Å²) in [6, 6.07) is 35.0. The van der Waals surface area contributed by atoms with Crippen LogP contribution < -0.4 is 4.90 Å². The van der Waals surface area contributed by atoms with Gasteiger partial charge in [0.15, 0.2) is 0 Å². The first-order valence-corrected chi connectivity index (χ1v) is 14.7. The minimum Gasteiger partial charge on any atom is -0.477 e. The molecule has 0 saturated heterocycles. The summed E-state index contributed by atoms with van der Waals surface area (Å²) in [5.41, 5.74) is 6.19. The lowest BCUT2D eigenvalue weighted by atomic mass is 10.1. The molecule has 3 aromatic carbocycles. The van der Waals surface area contributed by atoms with E-state index in [1.165, 1.54) is 17.4 Å². The zero-order valence-corrected chi connectivity index (χ0v) is 24.7. The van der Waals surface area contributed by atoms with Gasteiger partial charge in [0, 0.05) is 50.8 Å². The Labute approximate surface area is 253 Å². The van der Waals surface area contributed by atoms with Crippen LogP contribution in [-0.4, -0.2) is 25.3 Å². The number of thiophene rings is 2. The van der Waals surface area contributed by atoms with Gasteiger partial charge in [-0.05, 0) is 83.4 Å². The molecule has 0 saturated carbocycles. The second kappa shape index (κ2) is 13.4. The first kappa shape index (κ1) is 29.0. The van der Waals surface area contributed by atoms with Gasteiger partial charge in [-0.1, -0.05) is 36.4 Å². The fraction of sp³-hybridized carbons (Fsp3) is 0.118. The summed E-state index contributed by atoms with van der Waals surface area (Å²) in [6.45, 7) is 1.13. The van der Waals surface area contributed by atoms with E-state index in [-0.39, 0.29) is 5.57 Å². The average Bonchev–Trinajstić information content (AvgIpc) is 3.69. The highest BCUT2D eigenvalue weighted by Gasteiger charge is 2.14. The fourth-order valence-corrected chi connectivity index (χ4v) is 6.56. The summed E-state index contributed by atoms with van der Waals surface area (Å²) in [4.78, 5) is 17.4. The molecule has 8 heteroatoms. The molecule has 210 valence electrons. The van der Waals surface area contributed by atoms with Crippen molar-refractivity contribution in [2.45, 2.75) is 13.2 Å². The van der Waals surface area contributed by atoms with Crippen molar-refractivity contribution in [1.82, 2.24) is 0 Å². The molecule has 0 atom stereocenters. The summed E-state index contributed by atoms with van der Waals surface area (Å²) in [6.07, 6.45) is 1.41. The number of methoxy groups -OCH3 is 2. The highest BCUT2D eigenvalue weighted by molar-refractivity contribution is 7.24. The number of rotatable bonds is 11. The van der Waals surface area contributed by atoms with Crippen molar-refractivity contribution < 1.29 is 19.4 Å². The Morgan fingerprint density at radius 1 is 0.738 bits per heavy atom. The predicted octanol–water partition coefficient (Wildman–Crippen LogP) is 8.90. The number of hydrogen-bond donors (Lipinski definition) is 1. The van der Waals surface area contributed by atoms with Crippen LogP contribution in [0.2, 0.25) is 0 Å². The number of ether oxygens (including phenoxy) is 2. The van der Waals surface area contributed by atoms with Gasteiger partial charge in [-0.25, -0.2) is 4.79 Å². The van der Waals surface area contributed by atoms with E-state index in [0.717, 1.165) is 53.3 Å². The Morgan fingerprint density at radius 3 is 1.71 bits per heavy atom. The van der Waals surface area contributed by atoms with Crippen molar-refractivity contribution in [2.24, 2.45) is 0 Å². The summed E-state index contributed by atoms with van der Waals surface area (Å²) in [7, 11) is 3.39. The molecule has 0 amide bonds. The van der Waals surface area contributed by atoms with E-state index < -0.39 is 5.97 Å². The van der Waals surface area contributed by atoms with Gasteiger partial charge < -0.3 is 19.5 Å². The molecule has 5 rings (SSSR count). The lowest BCUT2D eigenvalue weighted by Crippen LogP contribution is -2.10. The van der Waals surface area contributed by atoms with Gasteiger partial charge in [0.1, 0.15) is 11.6 Å². The summed E-state index contributed by atoms with van der Waals surface area (Å²) in [5.74, 6) is -1.22. The van der Waals surface area contributed by atoms with Crippen LogP contribution >= 0.6 is 22.7 Å². The highest BCUT2D eigenvalue weighted by atomic mass is 32.1. The molecule has 0 spiro atoms. The Balaban J connectivity index is 1.42. The van der Waals surface area contributed by atoms with Crippen molar-refractivity contribution >= 4 is 51.8 Å². The molecule has 42 heavy (non-hydrogen) atoms. The molecule has 1 N–H and O–H groups in total. The molecular formula is C34H28N2O4S2. The molecule has 0 fully saturated rings. The van der Waals surface area contributed by atoms with Crippen LogP contribution in [0.15, 0.2) is 103 Å². The van der Waals surface area contributed by atoms with Crippen molar-refractivity contribution in [3.8, 4) is 26.3 Å². The molecule has 0 aliphatic carbocycles. The van der Waals surface area contributed by atoms with Crippen molar-refractivity contribution in [3.63, 3.8) is 0 Å². The number of nitriles is 1. The molecule has 5 aromatic rings. The van der Waals surface area contributed by atoms with E-state index in [0.29, 0.717) is 13.2 Å². The average molecular weight is 593 g/mol. The van der Waals surface area contributed by atoms with E-state index in [2.05, 4.69) is 89.8 Å². The van der Waals surface area contributed by atoms with Crippen LogP contribution in [0, 0.1) is 11.3 Å². The molecule has 2 heterocycles. The van der Waals surface area contributed by atoms with Crippen molar-refractivity contribution in [2.75, 3.05) is 19.1 Å². The van der Waals surface area contributed by atoms with Gasteiger partial charge in [0.05, 0.1) is 13.2 Å². The maximum atomic E-state index is 11.2. The smallest absolute Gasteiger partial charge is 0.346 e. The number of carboxylic acids is 1. The normalized spacial score (nSPS) is 11.3. The number of anilines is 3. The Kier molecular flexibility index (Phi) is 9.27. The second-order valence-corrected chi connectivity index (χ2v) is 11.6. The van der Waals surface area contributed by atoms with E-state index >= 15 is 0 Å². The van der Waals surface area contributed by atoms with Crippen LogP contribution in [0.5, 0.6) is 0 Å². The van der Waals surface area contributed by atoms with Crippen LogP contribution in [0.3, 0.4) is 0 Å². The minimum atomic E-state index is -1.22. The SMILES string of the molecule is COCc1ccc(N(c2ccc(COC)cc2)c2ccc(-c3ccc(-c4ccc(/C=C(\C#N)C(=O)O)s4)s3)cc2)cc1. The van der Waals surface area contributed by atoms with Gasteiger partial charge >= 0.3 is 5.97 Å². The molecule has 0 aliphatic heterocycles. The third kappa shape index (κ3) is 6.68. The zero-order valence-electron chi connectivity index (χ0n) is 23.1. The lowest BCUT2D eigenvalue weighted by molar-refractivity contribution is -0.132. The van der Waals surface area contributed by atoms with Crippen molar-refractivity contribution in [3.05, 3.63) is 119 Å². The maximum absolute atomic E-state index is 11.2. The predicted molar refractivity (Wildman–Crippen MR) is 170 cm³/mol. The first-order chi connectivity index (χ1) is 20.5. The summed E-state index contributed by atoms with van der Waals surface area (Å²) in [5, 5.41) is 18.2. The number of hydrogen-bond acceptors (Lipinski definition) is 7. The lowest BCUT2D eigenvalue weighted by Gasteiger charge is -2.26. The van der Waals surface area contributed by atoms with E-state index in [9.17, 15) is 4.79 Å². The summed E-state index contributed by atoms with van der Waals surface area (Å²) < 4.78 is 10.6. The zero-order chi connectivity index (χ0) is 29.5. The van der Waals surface area contributed by atoms with Gasteiger partial charge in [-0.3, -0.25) is 0 Å². The number of carbonyl (C=O) groups is 1. The first-order valence-electron chi connectivity index (χ1n) is 13.1. The minimum absolute atomic E-state index is 0.277. The maximum Gasteiger partial charge on any atom is 0.346 e. The Bertz CT molecular complexity index is 1680.